The molecule has 0 atom stereocenters. The maximum Gasteiger partial charge on any atom is 0.291 e. The van der Waals surface area contributed by atoms with Crippen molar-refractivity contribution >= 4 is 43.0 Å². The molecule has 2 rings (SSSR count). The first-order valence-electron chi connectivity index (χ1n) is 3.64. The first kappa shape index (κ1) is 9.42. The lowest BCUT2D eigenvalue weighted by Gasteiger charge is -1.96. The Kier molecular flexibility index (Phi) is 2.16. The van der Waals surface area contributed by atoms with Crippen molar-refractivity contribution in [3.8, 4) is 5.75 Å². The van der Waals surface area contributed by atoms with Gasteiger partial charge in [0.2, 0.25) is 0 Å². The van der Waals surface area contributed by atoms with Crippen molar-refractivity contribution in [3.05, 3.63) is 32.1 Å². The summed E-state index contributed by atoms with van der Waals surface area (Å²) < 4.78 is 1.44. The Morgan fingerprint density at radius 2 is 2.21 bits per heavy atom. The van der Waals surface area contributed by atoms with E-state index in [1.807, 2.05) is 0 Å². The second-order valence-electron chi connectivity index (χ2n) is 2.65. The summed E-state index contributed by atoms with van der Waals surface area (Å²) in [6.45, 7) is 0. The van der Waals surface area contributed by atoms with Gasteiger partial charge in [0.25, 0.3) is 5.69 Å². The van der Waals surface area contributed by atoms with E-state index in [-0.39, 0.29) is 11.4 Å². The maximum atomic E-state index is 10.6. The molecule has 4 nitrogen and oxygen atoms in total. The first-order chi connectivity index (χ1) is 6.61. The predicted molar refractivity (Wildman–Crippen MR) is 57.8 cm³/mol. The largest absolute Gasteiger partial charge is 0.507 e. The highest BCUT2D eigenvalue weighted by Gasteiger charge is 2.19. The van der Waals surface area contributed by atoms with Crippen LogP contribution in [-0.2, 0) is 0 Å². The number of nitrogens with zero attached hydrogens (tertiary/aromatic N) is 1. The minimum absolute atomic E-state index is 0.0520. The number of phenols is 1. The Morgan fingerprint density at radius 3 is 2.86 bits per heavy atom. The Balaban J connectivity index is 2.90. The summed E-state index contributed by atoms with van der Waals surface area (Å²) in [5.74, 6) is -0.0591. The standard InChI is InChI=1S/C8H4BrNO3S/c9-4-1-2-6(11)7-5(10(12)13)3-14-8(4)7/h1-3,11H. The van der Waals surface area contributed by atoms with E-state index in [9.17, 15) is 15.2 Å². The van der Waals surface area contributed by atoms with Crippen LogP contribution in [0.25, 0.3) is 10.1 Å². The molecule has 0 bridgehead atoms. The zero-order valence-electron chi connectivity index (χ0n) is 6.73. The highest BCUT2D eigenvalue weighted by molar-refractivity contribution is 9.10. The SMILES string of the molecule is O=[N+]([O-])c1csc2c(Br)ccc(O)c12. The third kappa shape index (κ3) is 1.27. The van der Waals surface area contributed by atoms with E-state index in [0.717, 1.165) is 4.47 Å². The summed E-state index contributed by atoms with van der Waals surface area (Å²) in [5.41, 5.74) is -0.0520. The van der Waals surface area contributed by atoms with Crippen molar-refractivity contribution in [1.82, 2.24) is 0 Å². The van der Waals surface area contributed by atoms with Gasteiger partial charge in [0.1, 0.15) is 11.1 Å². The number of fused-ring (bicyclic) bond motifs is 1. The highest BCUT2D eigenvalue weighted by Crippen LogP contribution is 2.41. The van der Waals surface area contributed by atoms with Gasteiger partial charge in [-0.15, -0.1) is 11.3 Å². The second-order valence-corrected chi connectivity index (χ2v) is 4.38. The average molecular weight is 274 g/mol. The molecule has 6 heteroatoms. The van der Waals surface area contributed by atoms with Crippen molar-refractivity contribution in [2.24, 2.45) is 0 Å². The topological polar surface area (TPSA) is 63.4 Å². The van der Waals surface area contributed by atoms with E-state index >= 15 is 0 Å². The van der Waals surface area contributed by atoms with Gasteiger partial charge in [-0.1, -0.05) is 0 Å². The fourth-order valence-corrected chi connectivity index (χ4v) is 2.77. The molecule has 0 saturated carbocycles. The van der Waals surface area contributed by atoms with E-state index in [1.54, 1.807) is 6.07 Å². The minimum Gasteiger partial charge on any atom is -0.507 e. The van der Waals surface area contributed by atoms with Crippen molar-refractivity contribution in [3.63, 3.8) is 0 Å². The van der Waals surface area contributed by atoms with Crippen LogP contribution in [0, 0.1) is 10.1 Å². The van der Waals surface area contributed by atoms with Crippen LogP contribution < -0.4 is 0 Å². The summed E-state index contributed by atoms with van der Waals surface area (Å²) in [7, 11) is 0. The molecule has 0 aliphatic carbocycles. The Labute approximate surface area is 91.1 Å². The lowest BCUT2D eigenvalue weighted by molar-refractivity contribution is -0.382. The van der Waals surface area contributed by atoms with Crippen molar-refractivity contribution in [2.45, 2.75) is 0 Å². The van der Waals surface area contributed by atoms with Crippen LogP contribution >= 0.6 is 27.3 Å². The molecule has 1 aromatic heterocycles. The van der Waals surface area contributed by atoms with Crippen LogP contribution in [-0.4, -0.2) is 10.0 Å². The highest BCUT2D eigenvalue weighted by atomic mass is 79.9. The Bertz CT molecular complexity index is 523. The molecule has 72 valence electrons. The summed E-state index contributed by atoms with van der Waals surface area (Å²) >= 11 is 4.50. The smallest absolute Gasteiger partial charge is 0.291 e. The number of phenolic OH excluding ortho intramolecular Hbond substituents is 1. The Hall–Kier alpha value is -1.14. The van der Waals surface area contributed by atoms with Gasteiger partial charge in [-0.3, -0.25) is 10.1 Å². The lowest BCUT2D eigenvalue weighted by Crippen LogP contribution is -1.85. The molecule has 0 amide bonds. The summed E-state index contributed by atoms with van der Waals surface area (Å²) in [4.78, 5) is 10.1. The van der Waals surface area contributed by atoms with Crippen LogP contribution in [0.2, 0.25) is 0 Å². The van der Waals surface area contributed by atoms with Gasteiger partial charge in [-0.05, 0) is 28.1 Å². The number of hydrogen-bond donors (Lipinski definition) is 1. The maximum absolute atomic E-state index is 10.6. The van der Waals surface area contributed by atoms with Crippen molar-refractivity contribution in [1.29, 1.82) is 0 Å². The monoisotopic (exact) mass is 273 g/mol. The van der Waals surface area contributed by atoms with Crippen LogP contribution in [0.1, 0.15) is 0 Å². The fourth-order valence-electron chi connectivity index (χ4n) is 1.22. The molecule has 0 radical (unpaired) electrons. The number of thiophene rings is 1. The molecule has 1 aromatic carbocycles. The number of hydrogen-bond acceptors (Lipinski definition) is 4. The van der Waals surface area contributed by atoms with Crippen LogP contribution in [0.4, 0.5) is 5.69 Å². The first-order valence-corrected chi connectivity index (χ1v) is 5.31. The van der Waals surface area contributed by atoms with E-state index in [0.29, 0.717) is 10.1 Å². The van der Waals surface area contributed by atoms with Crippen molar-refractivity contribution < 1.29 is 10.0 Å². The second kappa shape index (κ2) is 3.21. The van der Waals surface area contributed by atoms with Crippen molar-refractivity contribution in [2.75, 3.05) is 0 Å². The molecule has 1 N–H and O–H groups in total. The van der Waals surface area contributed by atoms with E-state index in [1.165, 1.54) is 22.8 Å². The molecule has 1 heterocycles. The summed E-state index contributed by atoms with van der Waals surface area (Å²) in [6.07, 6.45) is 0. The zero-order valence-corrected chi connectivity index (χ0v) is 9.13. The molecule has 0 aliphatic heterocycles. The molecule has 0 unspecified atom stereocenters. The van der Waals surface area contributed by atoms with E-state index in [4.69, 9.17) is 0 Å². The number of benzene rings is 1. The van der Waals surface area contributed by atoms with Gasteiger partial charge in [0, 0.05) is 4.47 Å². The van der Waals surface area contributed by atoms with Gasteiger partial charge in [0.05, 0.1) is 15.0 Å². The third-order valence-corrected chi connectivity index (χ3v) is 3.75. The fraction of sp³-hybridized carbons (Fsp3) is 0. The van der Waals surface area contributed by atoms with Gasteiger partial charge in [0.15, 0.2) is 0 Å². The number of nitro groups is 1. The normalized spacial score (nSPS) is 10.6. The average Bonchev–Trinajstić information content (AvgIpc) is 2.56. The quantitative estimate of drug-likeness (QED) is 0.641. The minimum atomic E-state index is -0.495. The van der Waals surface area contributed by atoms with Crippen LogP contribution in [0.5, 0.6) is 5.75 Å². The molecule has 0 spiro atoms. The number of rotatable bonds is 1. The number of halogens is 1. The zero-order chi connectivity index (χ0) is 10.3. The van der Waals surface area contributed by atoms with Gasteiger partial charge in [-0.2, -0.15) is 0 Å². The predicted octanol–water partition coefficient (Wildman–Crippen LogP) is 3.28. The van der Waals surface area contributed by atoms with Gasteiger partial charge in [-0.25, -0.2) is 0 Å². The molecule has 0 fully saturated rings. The molecule has 0 aliphatic rings. The molecule has 0 saturated heterocycles. The van der Waals surface area contributed by atoms with E-state index < -0.39 is 4.92 Å². The summed E-state index contributed by atoms with van der Waals surface area (Å²) in [5, 5.41) is 21.8. The summed E-state index contributed by atoms with van der Waals surface area (Å²) in [6, 6.07) is 3.10. The molecule has 14 heavy (non-hydrogen) atoms. The molecular weight excluding hydrogens is 270 g/mol. The van der Waals surface area contributed by atoms with Gasteiger partial charge >= 0.3 is 0 Å². The number of aromatic hydroxyl groups is 1. The Morgan fingerprint density at radius 1 is 1.50 bits per heavy atom. The third-order valence-electron chi connectivity index (χ3n) is 1.83. The lowest BCUT2D eigenvalue weighted by atomic mass is 10.2. The van der Waals surface area contributed by atoms with Crippen LogP contribution in [0.15, 0.2) is 22.0 Å². The van der Waals surface area contributed by atoms with E-state index in [2.05, 4.69) is 15.9 Å². The van der Waals surface area contributed by atoms with Crippen LogP contribution in [0.3, 0.4) is 0 Å². The molecular formula is C8H4BrNO3S. The van der Waals surface area contributed by atoms with Gasteiger partial charge < -0.3 is 5.11 Å². The molecule has 2 aromatic rings.